The Bertz CT molecular complexity index is 822. The molecule has 0 saturated heterocycles. The van der Waals surface area contributed by atoms with Crippen LogP contribution in [0.2, 0.25) is 5.15 Å². The average Bonchev–Trinajstić information content (AvgIpc) is 3.04. The van der Waals surface area contributed by atoms with Gasteiger partial charge in [0.25, 0.3) is 0 Å². The number of aromatic nitrogens is 2. The Hall–Kier alpha value is -2.38. The minimum Gasteiger partial charge on any atom is -0.478 e. The molecule has 2 heterocycles. The second kappa shape index (κ2) is 5.55. The molecule has 3 rings (SSSR count). The van der Waals surface area contributed by atoms with Crippen LogP contribution in [0, 0.1) is 0 Å². The summed E-state index contributed by atoms with van der Waals surface area (Å²) in [5, 5.41) is 15.2. The summed E-state index contributed by atoms with van der Waals surface area (Å²) in [6.45, 7) is 0. The van der Waals surface area contributed by atoms with Crippen LogP contribution < -0.4 is 5.43 Å². The van der Waals surface area contributed by atoms with Gasteiger partial charge in [0.1, 0.15) is 10.8 Å². The van der Waals surface area contributed by atoms with Gasteiger partial charge in [-0.05, 0) is 24.3 Å². The molecule has 0 aliphatic carbocycles. The number of hydrogen-bond acceptors (Lipinski definition) is 5. The molecule has 0 aliphatic rings. The number of hydrogen-bond donors (Lipinski definition) is 2. The highest BCUT2D eigenvalue weighted by molar-refractivity contribution is 7.15. The van der Waals surface area contributed by atoms with E-state index in [1.165, 1.54) is 29.7 Å². The molecule has 0 saturated carbocycles. The molecule has 0 fully saturated rings. The summed E-state index contributed by atoms with van der Waals surface area (Å²) in [6, 6.07) is 6.27. The van der Waals surface area contributed by atoms with E-state index >= 15 is 0 Å². The number of thiazole rings is 1. The fourth-order valence-electron chi connectivity index (χ4n) is 1.71. The van der Waals surface area contributed by atoms with Gasteiger partial charge in [0.2, 0.25) is 0 Å². The van der Waals surface area contributed by atoms with Crippen molar-refractivity contribution in [1.29, 1.82) is 0 Å². The smallest absolute Gasteiger partial charge is 0.335 e. The van der Waals surface area contributed by atoms with Gasteiger partial charge in [0.05, 0.1) is 17.5 Å². The van der Waals surface area contributed by atoms with E-state index in [-0.39, 0.29) is 5.56 Å². The number of nitrogens with zero attached hydrogens (tertiary/aromatic N) is 3. The van der Waals surface area contributed by atoms with Crippen LogP contribution in [0.4, 0.5) is 5.69 Å². The van der Waals surface area contributed by atoms with Gasteiger partial charge in [-0.1, -0.05) is 11.6 Å². The predicted molar refractivity (Wildman–Crippen MR) is 82.7 cm³/mol. The maximum absolute atomic E-state index is 10.7. The highest BCUT2D eigenvalue weighted by Crippen LogP contribution is 2.20. The molecule has 0 radical (unpaired) electrons. The molecule has 0 spiro atoms. The lowest BCUT2D eigenvalue weighted by atomic mass is 10.2. The largest absolute Gasteiger partial charge is 0.478 e. The van der Waals surface area contributed by atoms with Crippen LogP contribution in [0.25, 0.3) is 4.96 Å². The maximum atomic E-state index is 10.7. The van der Waals surface area contributed by atoms with Crippen LogP contribution in [0.5, 0.6) is 0 Å². The molecule has 8 heteroatoms. The Kier molecular flexibility index (Phi) is 3.59. The average molecular weight is 321 g/mol. The van der Waals surface area contributed by atoms with Crippen LogP contribution in [0.15, 0.2) is 40.9 Å². The number of benzene rings is 1. The third kappa shape index (κ3) is 2.74. The first-order valence-electron chi connectivity index (χ1n) is 5.88. The number of fused-ring (bicyclic) bond motifs is 1. The Morgan fingerprint density at radius 3 is 2.86 bits per heavy atom. The van der Waals surface area contributed by atoms with Gasteiger partial charge >= 0.3 is 5.97 Å². The van der Waals surface area contributed by atoms with Crippen molar-refractivity contribution < 1.29 is 9.90 Å². The molecule has 3 aromatic rings. The minimum absolute atomic E-state index is 0.224. The zero-order valence-electron chi connectivity index (χ0n) is 10.5. The minimum atomic E-state index is -0.963. The van der Waals surface area contributed by atoms with E-state index in [1.807, 2.05) is 11.6 Å². The number of hydrazone groups is 1. The van der Waals surface area contributed by atoms with Gasteiger partial charge in [-0.25, -0.2) is 9.78 Å². The van der Waals surface area contributed by atoms with E-state index in [9.17, 15) is 4.79 Å². The Balaban J connectivity index is 1.73. The molecule has 2 N–H and O–H groups in total. The SMILES string of the molecule is O=C(O)c1ccc(N/N=C/c2nc3sccn3c2Cl)cc1. The van der Waals surface area contributed by atoms with Crippen molar-refractivity contribution in [2.45, 2.75) is 0 Å². The molecule has 1 aromatic carbocycles. The van der Waals surface area contributed by atoms with Crippen LogP contribution in [-0.4, -0.2) is 26.7 Å². The summed E-state index contributed by atoms with van der Waals surface area (Å²) in [5.74, 6) is -0.963. The fourth-order valence-corrected chi connectivity index (χ4v) is 2.71. The van der Waals surface area contributed by atoms with E-state index in [1.54, 1.807) is 16.5 Å². The highest BCUT2D eigenvalue weighted by Gasteiger charge is 2.08. The van der Waals surface area contributed by atoms with Crippen molar-refractivity contribution in [3.63, 3.8) is 0 Å². The number of carbonyl (C=O) groups is 1. The summed E-state index contributed by atoms with van der Waals surface area (Å²) in [7, 11) is 0. The summed E-state index contributed by atoms with van der Waals surface area (Å²) >= 11 is 7.64. The van der Waals surface area contributed by atoms with Crippen molar-refractivity contribution in [2.75, 3.05) is 5.43 Å². The monoisotopic (exact) mass is 320 g/mol. The topological polar surface area (TPSA) is 79.0 Å². The number of nitrogens with one attached hydrogen (secondary N) is 1. The summed E-state index contributed by atoms with van der Waals surface area (Å²) in [6.07, 6.45) is 3.36. The van der Waals surface area contributed by atoms with Crippen molar-refractivity contribution in [2.24, 2.45) is 5.10 Å². The molecular formula is C13H9ClN4O2S. The van der Waals surface area contributed by atoms with Gasteiger partial charge in [0.15, 0.2) is 4.96 Å². The zero-order chi connectivity index (χ0) is 14.8. The second-order valence-corrected chi connectivity index (χ2v) is 5.33. The van der Waals surface area contributed by atoms with Gasteiger partial charge in [0, 0.05) is 11.6 Å². The van der Waals surface area contributed by atoms with E-state index < -0.39 is 5.97 Å². The van der Waals surface area contributed by atoms with Gasteiger partial charge in [-0.15, -0.1) is 11.3 Å². The Morgan fingerprint density at radius 2 is 2.19 bits per heavy atom. The first-order chi connectivity index (χ1) is 10.1. The molecule has 0 unspecified atom stereocenters. The van der Waals surface area contributed by atoms with Gasteiger partial charge in [-0.2, -0.15) is 5.10 Å². The lowest BCUT2D eigenvalue weighted by Crippen LogP contribution is -1.96. The maximum Gasteiger partial charge on any atom is 0.335 e. The lowest BCUT2D eigenvalue weighted by Gasteiger charge is -2.00. The third-order valence-corrected chi connectivity index (χ3v) is 3.87. The van der Waals surface area contributed by atoms with E-state index in [0.717, 1.165) is 4.96 Å². The summed E-state index contributed by atoms with van der Waals surface area (Å²) in [5.41, 5.74) is 4.26. The van der Waals surface area contributed by atoms with Crippen molar-refractivity contribution in [3.8, 4) is 0 Å². The van der Waals surface area contributed by atoms with E-state index in [0.29, 0.717) is 16.5 Å². The van der Waals surface area contributed by atoms with Gasteiger partial charge < -0.3 is 5.11 Å². The molecule has 21 heavy (non-hydrogen) atoms. The number of imidazole rings is 1. The van der Waals surface area contributed by atoms with Crippen LogP contribution >= 0.6 is 22.9 Å². The third-order valence-electron chi connectivity index (χ3n) is 2.74. The highest BCUT2D eigenvalue weighted by atomic mass is 35.5. The molecule has 0 atom stereocenters. The predicted octanol–water partition coefficient (Wildman–Crippen LogP) is 3.19. The van der Waals surface area contributed by atoms with Crippen LogP contribution in [-0.2, 0) is 0 Å². The van der Waals surface area contributed by atoms with Crippen molar-refractivity contribution in [3.05, 3.63) is 52.3 Å². The van der Waals surface area contributed by atoms with Crippen LogP contribution in [0.3, 0.4) is 0 Å². The fraction of sp³-hybridized carbons (Fsp3) is 0. The molecule has 2 aromatic heterocycles. The van der Waals surface area contributed by atoms with Crippen molar-refractivity contribution in [1.82, 2.24) is 9.38 Å². The lowest BCUT2D eigenvalue weighted by molar-refractivity contribution is 0.0697. The molecular weight excluding hydrogens is 312 g/mol. The van der Waals surface area contributed by atoms with E-state index in [2.05, 4.69) is 15.5 Å². The number of halogens is 1. The standard InChI is InChI=1S/C13H9ClN4O2S/c14-11-10(16-13-18(11)5-6-21-13)7-15-17-9-3-1-8(2-4-9)12(19)20/h1-7,17H,(H,19,20)/b15-7+. The summed E-state index contributed by atoms with van der Waals surface area (Å²) in [4.78, 5) is 15.9. The van der Waals surface area contributed by atoms with Gasteiger partial charge in [-0.3, -0.25) is 9.83 Å². The number of carboxylic acids is 1. The molecule has 0 amide bonds. The molecule has 0 aliphatic heterocycles. The Labute approximate surface area is 128 Å². The first-order valence-corrected chi connectivity index (χ1v) is 7.14. The first kappa shape index (κ1) is 13.6. The number of aromatic carboxylic acids is 1. The Morgan fingerprint density at radius 1 is 1.43 bits per heavy atom. The number of rotatable bonds is 4. The van der Waals surface area contributed by atoms with E-state index in [4.69, 9.17) is 16.7 Å². The second-order valence-electron chi connectivity index (χ2n) is 4.10. The number of anilines is 1. The summed E-state index contributed by atoms with van der Waals surface area (Å²) < 4.78 is 1.77. The molecule has 0 bridgehead atoms. The normalized spacial score (nSPS) is 11.3. The molecule has 6 nitrogen and oxygen atoms in total. The quantitative estimate of drug-likeness (QED) is 0.571. The molecule has 106 valence electrons. The van der Waals surface area contributed by atoms with Crippen LogP contribution in [0.1, 0.15) is 16.1 Å². The zero-order valence-corrected chi connectivity index (χ0v) is 12.1. The number of carboxylic acid groups (broad SMARTS) is 1. The van der Waals surface area contributed by atoms with Crippen molar-refractivity contribution >= 4 is 45.8 Å².